The average Bonchev–Trinajstić information content (AvgIpc) is 3.44. The van der Waals surface area contributed by atoms with Crippen molar-refractivity contribution in [2.75, 3.05) is 18.4 Å². The van der Waals surface area contributed by atoms with Gasteiger partial charge in [0.2, 0.25) is 5.91 Å². The van der Waals surface area contributed by atoms with Crippen molar-refractivity contribution in [2.24, 2.45) is 13.0 Å². The number of benzene rings is 1. The first-order valence-electron chi connectivity index (χ1n) is 9.65. The van der Waals surface area contributed by atoms with E-state index >= 15 is 0 Å². The number of amides is 2. The third-order valence-electron chi connectivity index (χ3n) is 5.45. The summed E-state index contributed by atoms with van der Waals surface area (Å²) < 4.78 is 3.48. The van der Waals surface area contributed by atoms with Gasteiger partial charge >= 0.3 is 0 Å². The number of hydrogen-bond donors (Lipinski definition) is 1. The third kappa shape index (κ3) is 3.65. The first-order valence-corrected chi connectivity index (χ1v) is 9.65. The van der Waals surface area contributed by atoms with Crippen LogP contribution < -0.4 is 5.32 Å². The van der Waals surface area contributed by atoms with Crippen molar-refractivity contribution in [1.29, 1.82) is 0 Å². The minimum atomic E-state index is -0.240. The van der Waals surface area contributed by atoms with Gasteiger partial charge in [0.25, 0.3) is 5.91 Å². The molecule has 3 heterocycles. The Bertz CT molecular complexity index is 1050. The first kappa shape index (κ1) is 18.9. The molecule has 29 heavy (non-hydrogen) atoms. The second kappa shape index (κ2) is 7.54. The largest absolute Gasteiger partial charge is 0.336 e. The topological polar surface area (TPSA) is 85.1 Å². The van der Waals surface area contributed by atoms with Crippen LogP contribution in [0.15, 0.2) is 42.6 Å². The average molecular weight is 392 g/mol. The van der Waals surface area contributed by atoms with Crippen molar-refractivity contribution in [3.05, 3.63) is 59.7 Å². The Kier molecular flexibility index (Phi) is 4.92. The summed E-state index contributed by atoms with van der Waals surface area (Å²) in [5.41, 5.74) is 3.80. The molecule has 8 nitrogen and oxygen atoms in total. The molecule has 1 fully saturated rings. The minimum absolute atomic E-state index is 0.0811. The molecule has 0 aliphatic carbocycles. The van der Waals surface area contributed by atoms with Crippen LogP contribution in [0.5, 0.6) is 0 Å². The lowest BCUT2D eigenvalue weighted by molar-refractivity contribution is -0.119. The zero-order valence-corrected chi connectivity index (χ0v) is 16.8. The highest BCUT2D eigenvalue weighted by Gasteiger charge is 2.33. The Labute approximate surface area is 169 Å². The summed E-state index contributed by atoms with van der Waals surface area (Å²) in [7, 11) is 1.83. The Hall–Kier alpha value is -3.42. The maximum atomic E-state index is 12.9. The van der Waals surface area contributed by atoms with E-state index < -0.39 is 0 Å². The number of para-hydroxylation sites is 1. The molecule has 1 N–H and O–H groups in total. The van der Waals surface area contributed by atoms with E-state index in [2.05, 4.69) is 15.5 Å². The summed E-state index contributed by atoms with van der Waals surface area (Å²) in [4.78, 5) is 27.3. The molecule has 0 bridgehead atoms. The highest BCUT2D eigenvalue weighted by molar-refractivity contribution is 5.96. The number of nitrogens with zero attached hydrogens (tertiary/aromatic N) is 5. The molecule has 1 aromatic carbocycles. The number of aryl methyl sites for hydroxylation is 2. The molecule has 0 radical (unpaired) electrons. The molecule has 2 amide bonds. The molecular formula is C21H24N6O2. The zero-order valence-electron chi connectivity index (χ0n) is 16.8. The summed E-state index contributed by atoms with van der Waals surface area (Å²) in [5, 5.41) is 11.6. The van der Waals surface area contributed by atoms with Gasteiger partial charge in [-0.2, -0.15) is 10.2 Å². The molecule has 1 unspecified atom stereocenters. The van der Waals surface area contributed by atoms with Gasteiger partial charge in [-0.05, 0) is 38.5 Å². The SMILES string of the molecule is Cc1c(NC(=O)C2CCN(C(=O)c3cc(C)n(-c4ccccc4)n3)C2)cnn1C. The third-order valence-corrected chi connectivity index (χ3v) is 5.45. The molecule has 0 spiro atoms. The van der Waals surface area contributed by atoms with Crippen LogP contribution in [-0.2, 0) is 11.8 Å². The lowest BCUT2D eigenvalue weighted by Crippen LogP contribution is -2.31. The number of likely N-dealkylation sites (tertiary alicyclic amines) is 1. The molecule has 2 aromatic heterocycles. The van der Waals surface area contributed by atoms with Crippen molar-refractivity contribution < 1.29 is 9.59 Å². The van der Waals surface area contributed by atoms with Crippen LogP contribution in [-0.4, -0.2) is 49.4 Å². The van der Waals surface area contributed by atoms with Crippen LogP contribution in [0.25, 0.3) is 5.69 Å². The van der Waals surface area contributed by atoms with Crippen molar-refractivity contribution in [3.8, 4) is 5.69 Å². The summed E-state index contributed by atoms with van der Waals surface area (Å²) in [5.74, 6) is -0.464. The van der Waals surface area contributed by atoms with E-state index in [0.29, 0.717) is 30.9 Å². The molecule has 1 atom stereocenters. The number of nitrogens with one attached hydrogen (secondary N) is 1. The fourth-order valence-corrected chi connectivity index (χ4v) is 3.59. The van der Waals surface area contributed by atoms with Crippen molar-refractivity contribution >= 4 is 17.5 Å². The van der Waals surface area contributed by atoms with E-state index in [0.717, 1.165) is 17.1 Å². The highest BCUT2D eigenvalue weighted by Crippen LogP contribution is 2.22. The molecule has 1 aliphatic rings. The van der Waals surface area contributed by atoms with Crippen LogP contribution in [0.1, 0.15) is 28.3 Å². The Morgan fingerprint density at radius 3 is 2.62 bits per heavy atom. The van der Waals surface area contributed by atoms with Crippen LogP contribution in [0, 0.1) is 19.8 Å². The molecule has 1 saturated heterocycles. The molecular weight excluding hydrogens is 368 g/mol. The van der Waals surface area contributed by atoms with Gasteiger partial charge in [0.15, 0.2) is 5.69 Å². The molecule has 1 aliphatic heterocycles. The fourth-order valence-electron chi connectivity index (χ4n) is 3.59. The summed E-state index contributed by atoms with van der Waals surface area (Å²) in [6.45, 7) is 4.76. The normalized spacial score (nSPS) is 16.2. The van der Waals surface area contributed by atoms with Gasteiger partial charge in [-0.15, -0.1) is 0 Å². The maximum absolute atomic E-state index is 12.9. The van der Waals surface area contributed by atoms with E-state index in [1.807, 2.05) is 51.2 Å². The number of carbonyl (C=O) groups is 2. The Morgan fingerprint density at radius 2 is 1.93 bits per heavy atom. The Balaban J connectivity index is 1.43. The molecule has 4 rings (SSSR count). The monoisotopic (exact) mass is 392 g/mol. The predicted octanol–water partition coefficient (Wildman–Crippen LogP) is 2.32. The van der Waals surface area contributed by atoms with E-state index in [-0.39, 0.29) is 17.7 Å². The predicted molar refractivity (Wildman–Crippen MR) is 109 cm³/mol. The molecule has 150 valence electrons. The number of aromatic nitrogens is 4. The van der Waals surface area contributed by atoms with Crippen LogP contribution in [0.4, 0.5) is 5.69 Å². The van der Waals surface area contributed by atoms with Gasteiger partial charge in [0.1, 0.15) is 0 Å². The lowest BCUT2D eigenvalue weighted by atomic mass is 10.1. The van der Waals surface area contributed by atoms with E-state index in [1.165, 1.54) is 0 Å². The lowest BCUT2D eigenvalue weighted by Gasteiger charge is -2.15. The maximum Gasteiger partial charge on any atom is 0.274 e. The van der Waals surface area contributed by atoms with Crippen LogP contribution >= 0.6 is 0 Å². The van der Waals surface area contributed by atoms with Gasteiger partial charge in [0.05, 0.1) is 29.2 Å². The summed E-state index contributed by atoms with van der Waals surface area (Å²) >= 11 is 0. The summed E-state index contributed by atoms with van der Waals surface area (Å²) in [6.07, 6.45) is 2.28. The quantitative estimate of drug-likeness (QED) is 0.738. The Morgan fingerprint density at radius 1 is 1.17 bits per heavy atom. The molecule has 3 aromatic rings. The second-order valence-corrected chi connectivity index (χ2v) is 7.41. The van der Waals surface area contributed by atoms with E-state index in [4.69, 9.17) is 0 Å². The van der Waals surface area contributed by atoms with Crippen molar-refractivity contribution in [1.82, 2.24) is 24.5 Å². The van der Waals surface area contributed by atoms with Crippen molar-refractivity contribution in [3.63, 3.8) is 0 Å². The number of rotatable bonds is 4. The number of anilines is 1. The van der Waals surface area contributed by atoms with Gasteiger partial charge in [0, 0.05) is 25.8 Å². The summed E-state index contributed by atoms with van der Waals surface area (Å²) in [6, 6.07) is 11.5. The van der Waals surface area contributed by atoms with Gasteiger partial charge in [-0.3, -0.25) is 14.3 Å². The molecule has 8 heteroatoms. The molecule has 0 saturated carbocycles. The van der Waals surface area contributed by atoms with Gasteiger partial charge in [-0.25, -0.2) is 4.68 Å². The van der Waals surface area contributed by atoms with Gasteiger partial charge < -0.3 is 10.2 Å². The van der Waals surface area contributed by atoms with Gasteiger partial charge in [-0.1, -0.05) is 18.2 Å². The van der Waals surface area contributed by atoms with Crippen LogP contribution in [0.2, 0.25) is 0 Å². The van der Waals surface area contributed by atoms with Crippen LogP contribution in [0.3, 0.4) is 0 Å². The second-order valence-electron chi connectivity index (χ2n) is 7.41. The smallest absolute Gasteiger partial charge is 0.274 e. The van der Waals surface area contributed by atoms with Crippen molar-refractivity contribution in [2.45, 2.75) is 20.3 Å². The zero-order chi connectivity index (χ0) is 20.5. The van der Waals surface area contributed by atoms with E-state index in [9.17, 15) is 9.59 Å². The standard InChI is InChI=1S/C21H24N6O2/c1-14-11-18(24-27(14)17-7-5-4-6-8-17)21(29)26-10-9-16(13-26)20(28)23-19-12-22-25(3)15(19)2/h4-8,11-12,16H,9-10,13H2,1-3H3,(H,23,28). The number of hydrogen-bond acceptors (Lipinski definition) is 4. The highest BCUT2D eigenvalue weighted by atomic mass is 16.2. The number of carbonyl (C=O) groups excluding carboxylic acids is 2. The first-order chi connectivity index (χ1) is 13.9. The van der Waals surface area contributed by atoms with E-state index in [1.54, 1.807) is 26.5 Å². The minimum Gasteiger partial charge on any atom is -0.336 e. The fraction of sp³-hybridized carbons (Fsp3) is 0.333.